The third kappa shape index (κ3) is 45.2. The number of carbonyl (C=O) groups excluding carboxylic acids is 1. The Morgan fingerprint density at radius 1 is 0.533 bits per heavy atom. The molecular formula is C50H87O9P. The van der Waals surface area contributed by atoms with Gasteiger partial charge in [-0.25, -0.2) is 4.57 Å². The molecule has 0 spiro atoms. The number of esters is 1. The summed E-state index contributed by atoms with van der Waals surface area (Å²) in [6.07, 6.45) is 56.8. The lowest BCUT2D eigenvalue weighted by Gasteiger charge is -2.20. The average Bonchev–Trinajstić information content (AvgIpc) is 3.24. The molecule has 0 fully saturated rings. The molecule has 0 bridgehead atoms. The lowest BCUT2D eigenvalue weighted by Crippen LogP contribution is -2.29. The fourth-order valence-corrected chi connectivity index (χ4v) is 6.79. The SMILES string of the molecule is CC/C=C\C/C=C\C/C=C\C/C=C\C/C=C\CCCCCCCCCC(=O)OC(COCCCCCCCC/C=C\C/C=C\CCCCC)COP(=O)(O)OCC(O)CO. The van der Waals surface area contributed by atoms with Crippen LogP contribution in [0.3, 0.4) is 0 Å². The summed E-state index contributed by atoms with van der Waals surface area (Å²) >= 11 is 0. The summed E-state index contributed by atoms with van der Waals surface area (Å²) in [5.41, 5.74) is 0. The summed E-state index contributed by atoms with van der Waals surface area (Å²) in [5, 5.41) is 18.4. The monoisotopic (exact) mass is 863 g/mol. The number of phosphoric ester groups is 1. The van der Waals surface area contributed by atoms with Gasteiger partial charge in [0.1, 0.15) is 12.2 Å². The smallest absolute Gasteiger partial charge is 0.457 e. The van der Waals surface area contributed by atoms with Gasteiger partial charge in [-0.15, -0.1) is 0 Å². The molecule has 346 valence electrons. The Bertz CT molecular complexity index is 1210. The second kappa shape index (κ2) is 46.2. The van der Waals surface area contributed by atoms with E-state index >= 15 is 0 Å². The third-order valence-corrected chi connectivity index (χ3v) is 10.5. The topological polar surface area (TPSA) is 132 Å². The number of allylic oxidation sites excluding steroid dienone is 14. The van der Waals surface area contributed by atoms with Crippen LogP contribution in [0.5, 0.6) is 0 Å². The van der Waals surface area contributed by atoms with E-state index in [4.69, 9.17) is 23.6 Å². The Balaban J connectivity index is 4.18. The summed E-state index contributed by atoms with van der Waals surface area (Å²) < 4.78 is 33.4. The van der Waals surface area contributed by atoms with Crippen LogP contribution in [-0.2, 0) is 27.9 Å². The molecule has 3 unspecified atom stereocenters. The van der Waals surface area contributed by atoms with Gasteiger partial charge in [0.05, 0.1) is 26.4 Å². The van der Waals surface area contributed by atoms with Crippen molar-refractivity contribution in [3.05, 3.63) is 85.1 Å². The van der Waals surface area contributed by atoms with Crippen molar-refractivity contribution < 1.29 is 43.0 Å². The molecule has 0 rings (SSSR count). The number of ether oxygens (including phenoxy) is 2. The van der Waals surface area contributed by atoms with Gasteiger partial charge in [-0.05, 0) is 89.9 Å². The number of carbonyl (C=O) groups is 1. The van der Waals surface area contributed by atoms with Crippen LogP contribution in [0.4, 0.5) is 0 Å². The highest BCUT2D eigenvalue weighted by Crippen LogP contribution is 2.43. The van der Waals surface area contributed by atoms with Crippen LogP contribution in [-0.4, -0.2) is 66.3 Å². The van der Waals surface area contributed by atoms with Gasteiger partial charge in [-0.3, -0.25) is 13.8 Å². The minimum absolute atomic E-state index is 0.0326. The molecule has 0 aliphatic rings. The number of aliphatic hydroxyl groups excluding tert-OH is 2. The van der Waals surface area contributed by atoms with Crippen molar-refractivity contribution >= 4 is 13.8 Å². The summed E-state index contributed by atoms with van der Waals surface area (Å²) in [6, 6.07) is 0. The van der Waals surface area contributed by atoms with Gasteiger partial charge in [0.25, 0.3) is 0 Å². The van der Waals surface area contributed by atoms with Gasteiger partial charge in [0, 0.05) is 13.0 Å². The predicted molar refractivity (Wildman–Crippen MR) is 251 cm³/mol. The molecule has 10 heteroatoms. The molecule has 0 saturated heterocycles. The van der Waals surface area contributed by atoms with E-state index in [0.29, 0.717) is 13.0 Å². The van der Waals surface area contributed by atoms with E-state index in [2.05, 4.69) is 98.9 Å². The zero-order valence-electron chi connectivity index (χ0n) is 37.9. The average molecular weight is 863 g/mol. The van der Waals surface area contributed by atoms with Crippen molar-refractivity contribution in [1.82, 2.24) is 0 Å². The van der Waals surface area contributed by atoms with Crippen molar-refractivity contribution in [2.24, 2.45) is 0 Å². The van der Waals surface area contributed by atoms with Crippen LogP contribution < -0.4 is 0 Å². The Morgan fingerprint density at radius 3 is 1.43 bits per heavy atom. The first-order chi connectivity index (χ1) is 29.3. The van der Waals surface area contributed by atoms with E-state index in [1.165, 1.54) is 64.2 Å². The second-order valence-corrected chi connectivity index (χ2v) is 16.8. The number of aliphatic hydroxyl groups is 2. The van der Waals surface area contributed by atoms with Crippen molar-refractivity contribution in [2.45, 2.75) is 193 Å². The molecule has 0 aliphatic carbocycles. The van der Waals surface area contributed by atoms with Crippen molar-refractivity contribution in [3.8, 4) is 0 Å². The first-order valence-electron chi connectivity index (χ1n) is 23.6. The molecule has 0 aliphatic heterocycles. The fourth-order valence-electron chi connectivity index (χ4n) is 6.00. The van der Waals surface area contributed by atoms with Gasteiger partial charge in [0.15, 0.2) is 0 Å². The van der Waals surface area contributed by atoms with Gasteiger partial charge in [-0.1, -0.05) is 170 Å². The lowest BCUT2D eigenvalue weighted by molar-refractivity contribution is -0.154. The van der Waals surface area contributed by atoms with Gasteiger partial charge < -0.3 is 24.6 Å². The molecule has 3 N–H and O–H groups in total. The van der Waals surface area contributed by atoms with Crippen molar-refractivity contribution in [2.75, 3.05) is 33.0 Å². The Hall–Kier alpha value is -2.36. The van der Waals surface area contributed by atoms with Gasteiger partial charge >= 0.3 is 13.8 Å². The zero-order valence-corrected chi connectivity index (χ0v) is 38.8. The number of hydrogen-bond donors (Lipinski definition) is 3. The minimum atomic E-state index is -4.53. The standard InChI is InChI=1S/C50H87O9P/c1-3-5-7-9-11-13-15-17-19-21-22-23-24-25-26-27-28-30-32-34-36-38-40-42-50(53)59-49(47-58-60(54,55)57-45-48(52)44-51)46-56-43-41-39-37-35-33-31-29-20-18-16-14-12-10-8-6-4-2/h5,7,11-14,17-20,22-23,25-26,48-49,51-52H,3-4,6,8-10,15-16,21,24,27-47H2,1-2H3,(H,54,55)/b7-5-,13-11-,14-12-,19-17-,20-18-,23-22-,26-25-. The molecule has 9 nitrogen and oxygen atoms in total. The maximum Gasteiger partial charge on any atom is 0.472 e. The number of hydrogen-bond acceptors (Lipinski definition) is 8. The van der Waals surface area contributed by atoms with Gasteiger partial charge in [-0.2, -0.15) is 0 Å². The summed E-state index contributed by atoms with van der Waals surface area (Å²) in [5.74, 6) is -0.401. The number of rotatable bonds is 44. The Kier molecular flexibility index (Phi) is 44.3. The molecule has 0 aromatic rings. The molecular weight excluding hydrogens is 776 g/mol. The first kappa shape index (κ1) is 57.6. The normalized spacial score (nSPS) is 14.7. The van der Waals surface area contributed by atoms with Crippen LogP contribution >= 0.6 is 7.82 Å². The van der Waals surface area contributed by atoms with Crippen LogP contribution in [0.15, 0.2) is 85.1 Å². The molecule has 3 atom stereocenters. The number of unbranched alkanes of at least 4 members (excludes halogenated alkanes) is 16. The Labute approximate surface area is 366 Å². The maximum absolute atomic E-state index is 12.7. The summed E-state index contributed by atoms with van der Waals surface area (Å²) in [6.45, 7) is 3.33. The van der Waals surface area contributed by atoms with Crippen molar-refractivity contribution in [3.63, 3.8) is 0 Å². The van der Waals surface area contributed by atoms with E-state index in [0.717, 1.165) is 89.9 Å². The molecule has 0 aromatic carbocycles. The molecule has 0 amide bonds. The fraction of sp³-hybridized carbons (Fsp3) is 0.700. The van der Waals surface area contributed by atoms with Crippen LogP contribution in [0.1, 0.15) is 181 Å². The lowest BCUT2D eigenvalue weighted by atomic mass is 10.1. The molecule has 0 radical (unpaired) electrons. The van der Waals surface area contributed by atoms with Crippen LogP contribution in [0.25, 0.3) is 0 Å². The van der Waals surface area contributed by atoms with E-state index in [1.807, 2.05) is 0 Å². The molecule has 60 heavy (non-hydrogen) atoms. The zero-order chi connectivity index (χ0) is 43.9. The highest BCUT2D eigenvalue weighted by Gasteiger charge is 2.26. The van der Waals surface area contributed by atoms with E-state index in [-0.39, 0.29) is 13.0 Å². The third-order valence-electron chi connectivity index (χ3n) is 9.56. The quantitative estimate of drug-likeness (QED) is 0.0237. The minimum Gasteiger partial charge on any atom is -0.457 e. The summed E-state index contributed by atoms with van der Waals surface area (Å²) in [4.78, 5) is 22.6. The first-order valence-corrected chi connectivity index (χ1v) is 25.1. The van der Waals surface area contributed by atoms with Crippen LogP contribution in [0.2, 0.25) is 0 Å². The Morgan fingerprint density at radius 2 is 0.950 bits per heavy atom. The highest BCUT2D eigenvalue weighted by molar-refractivity contribution is 7.47. The van der Waals surface area contributed by atoms with Crippen molar-refractivity contribution in [1.29, 1.82) is 0 Å². The van der Waals surface area contributed by atoms with E-state index in [9.17, 15) is 19.4 Å². The van der Waals surface area contributed by atoms with Gasteiger partial charge in [0.2, 0.25) is 0 Å². The van der Waals surface area contributed by atoms with E-state index in [1.54, 1.807) is 0 Å². The predicted octanol–water partition coefficient (Wildman–Crippen LogP) is 13.5. The maximum atomic E-state index is 12.7. The second-order valence-electron chi connectivity index (χ2n) is 15.4. The van der Waals surface area contributed by atoms with E-state index < -0.39 is 45.8 Å². The molecule has 0 heterocycles. The van der Waals surface area contributed by atoms with Crippen LogP contribution in [0, 0.1) is 0 Å². The number of phosphoric acid groups is 1. The largest absolute Gasteiger partial charge is 0.472 e. The summed E-state index contributed by atoms with van der Waals surface area (Å²) in [7, 11) is -4.53. The molecule has 0 aromatic heterocycles. The highest BCUT2D eigenvalue weighted by atomic mass is 31.2. The molecule has 0 saturated carbocycles.